The van der Waals surface area contributed by atoms with Gasteiger partial charge in [-0.25, -0.2) is 0 Å². The third kappa shape index (κ3) is 5.98. The van der Waals surface area contributed by atoms with Crippen molar-refractivity contribution in [3.8, 4) is 0 Å². The SMILES string of the molecule is COC(=O)CCS[C@H](C)C(=O)Nc1cccc(Cl)c1. The predicted molar refractivity (Wildman–Crippen MR) is 78.6 cm³/mol. The topological polar surface area (TPSA) is 55.4 Å². The number of thioether (sulfide) groups is 1. The van der Waals surface area contributed by atoms with Crippen molar-refractivity contribution in [1.82, 2.24) is 0 Å². The summed E-state index contributed by atoms with van der Waals surface area (Å²) in [6, 6.07) is 6.97. The van der Waals surface area contributed by atoms with Gasteiger partial charge in [-0.05, 0) is 25.1 Å². The van der Waals surface area contributed by atoms with Crippen LogP contribution < -0.4 is 5.32 Å². The molecule has 0 aliphatic carbocycles. The second kappa shape index (κ2) is 8.07. The van der Waals surface area contributed by atoms with Crippen LogP contribution in [0.3, 0.4) is 0 Å². The Bertz CT molecular complexity index is 453. The van der Waals surface area contributed by atoms with E-state index in [1.54, 1.807) is 31.2 Å². The number of benzene rings is 1. The van der Waals surface area contributed by atoms with Gasteiger partial charge in [0.1, 0.15) is 0 Å². The van der Waals surface area contributed by atoms with Gasteiger partial charge in [0.2, 0.25) is 5.91 Å². The van der Waals surface area contributed by atoms with E-state index in [1.165, 1.54) is 18.9 Å². The fraction of sp³-hybridized carbons (Fsp3) is 0.385. The molecule has 1 N–H and O–H groups in total. The molecule has 0 fully saturated rings. The van der Waals surface area contributed by atoms with Gasteiger partial charge in [0, 0.05) is 16.5 Å². The number of hydrogen-bond acceptors (Lipinski definition) is 4. The second-order valence-electron chi connectivity index (χ2n) is 3.84. The maximum absolute atomic E-state index is 11.9. The monoisotopic (exact) mass is 301 g/mol. The van der Waals surface area contributed by atoms with Crippen LogP contribution in [-0.4, -0.2) is 30.0 Å². The number of ether oxygens (including phenoxy) is 1. The fourth-order valence-electron chi connectivity index (χ4n) is 1.31. The molecule has 1 aromatic carbocycles. The minimum absolute atomic E-state index is 0.114. The first-order valence-corrected chi connectivity index (χ1v) is 7.20. The Morgan fingerprint density at radius 2 is 2.21 bits per heavy atom. The van der Waals surface area contributed by atoms with Gasteiger partial charge < -0.3 is 10.1 Å². The number of carbonyl (C=O) groups is 2. The molecule has 1 aromatic rings. The molecule has 0 heterocycles. The maximum Gasteiger partial charge on any atom is 0.306 e. The fourth-order valence-corrected chi connectivity index (χ4v) is 2.35. The van der Waals surface area contributed by atoms with Gasteiger partial charge in [0.05, 0.1) is 18.8 Å². The Morgan fingerprint density at radius 3 is 2.84 bits per heavy atom. The lowest BCUT2D eigenvalue weighted by atomic mass is 10.3. The first-order chi connectivity index (χ1) is 9.02. The van der Waals surface area contributed by atoms with E-state index in [0.29, 0.717) is 22.9 Å². The van der Waals surface area contributed by atoms with Gasteiger partial charge in [0.25, 0.3) is 0 Å². The van der Waals surface area contributed by atoms with Crippen LogP contribution in [0.4, 0.5) is 5.69 Å². The predicted octanol–water partition coefficient (Wildman–Crippen LogP) is 2.96. The molecule has 0 spiro atoms. The minimum Gasteiger partial charge on any atom is -0.469 e. The molecule has 0 aromatic heterocycles. The van der Waals surface area contributed by atoms with Crippen molar-refractivity contribution in [3.05, 3.63) is 29.3 Å². The van der Waals surface area contributed by atoms with Gasteiger partial charge in [-0.1, -0.05) is 17.7 Å². The summed E-state index contributed by atoms with van der Waals surface area (Å²) in [6.07, 6.45) is 0.302. The number of halogens is 1. The average molecular weight is 302 g/mol. The Morgan fingerprint density at radius 1 is 1.47 bits per heavy atom. The standard InChI is InChI=1S/C13H16ClNO3S/c1-9(19-7-6-12(16)18-2)13(17)15-11-5-3-4-10(14)8-11/h3-5,8-9H,6-7H2,1-2H3,(H,15,17)/t9-/m1/s1. The van der Waals surface area contributed by atoms with E-state index in [4.69, 9.17) is 11.6 Å². The molecule has 0 saturated heterocycles. The number of rotatable bonds is 6. The van der Waals surface area contributed by atoms with Crippen LogP contribution in [0.5, 0.6) is 0 Å². The van der Waals surface area contributed by atoms with Crippen molar-refractivity contribution < 1.29 is 14.3 Å². The van der Waals surface area contributed by atoms with Crippen LogP contribution in [0.2, 0.25) is 5.02 Å². The molecule has 0 radical (unpaired) electrons. The number of nitrogens with one attached hydrogen (secondary N) is 1. The summed E-state index contributed by atoms with van der Waals surface area (Å²) >= 11 is 7.24. The lowest BCUT2D eigenvalue weighted by Crippen LogP contribution is -2.23. The highest BCUT2D eigenvalue weighted by molar-refractivity contribution is 8.00. The van der Waals surface area contributed by atoms with Crippen LogP contribution in [0.15, 0.2) is 24.3 Å². The Kier molecular flexibility index (Phi) is 6.73. The van der Waals surface area contributed by atoms with Crippen LogP contribution in [-0.2, 0) is 14.3 Å². The second-order valence-corrected chi connectivity index (χ2v) is 5.72. The summed E-state index contributed by atoms with van der Waals surface area (Å²) in [6.45, 7) is 1.79. The van der Waals surface area contributed by atoms with E-state index in [9.17, 15) is 9.59 Å². The van der Waals surface area contributed by atoms with E-state index in [0.717, 1.165) is 0 Å². The molecule has 0 saturated carbocycles. The molecular formula is C13H16ClNO3S. The molecule has 0 aliphatic heterocycles. The molecule has 0 bridgehead atoms. The molecule has 0 unspecified atom stereocenters. The smallest absolute Gasteiger partial charge is 0.306 e. The maximum atomic E-state index is 11.9. The van der Waals surface area contributed by atoms with Crippen molar-refractivity contribution in [2.45, 2.75) is 18.6 Å². The van der Waals surface area contributed by atoms with Crippen LogP contribution in [0.1, 0.15) is 13.3 Å². The van der Waals surface area contributed by atoms with Gasteiger partial charge >= 0.3 is 5.97 Å². The Labute approximate surface area is 121 Å². The summed E-state index contributed by atoms with van der Waals surface area (Å²) < 4.78 is 4.53. The number of methoxy groups -OCH3 is 1. The normalized spacial score (nSPS) is 11.7. The van der Waals surface area contributed by atoms with E-state index < -0.39 is 0 Å². The molecule has 6 heteroatoms. The van der Waals surface area contributed by atoms with Gasteiger partial charge in [0.15, 0.2) is 0 Å². The zero-order valence-electron chi connectivity index (χ0n) is 10.8. The van der Waals surface area contributed by atoms with Crippen molar-refractivity contribution in [1.29, 1.82) is 0 Å². The molecule has 0 aliphatic rings. The zero-order valence-corrected chi connectivity index (χ0v) is 12.4. The minimum atomic E-state index is -0.269. The van der Waals surface area contributed by atoms with Gasteiger partial charge in [-0.2, -0.15) is 0 Å². The number of anilines is 1. The summed E-state index contributed by atoms with van der Waals surface area (Å²) in [5.74, 6) is 0.170. The Hall–Kier alpha value is -1.20. The van der Waals surface area contributed by atoms with Crippen LogP contribution in [0, 0.1) is 0 Å². The number of carbonyl (C=O) groups excluding carboxylic acids is 2. The van der Waals surface area contributed by atoms with Crippen molar-refractivity contribution in [2.75, 3.05) is 18.2 Å². The van der Waals surface area contributed by atoms with E-state index in [2.05, 4.69) is 10.1 Å². The molecule has 4 nitrogen and oxygen atoms in total. The highest BCUT2D eigenvalue weighted by Crippen LogP contribution is 2.18. The first kappa shape index (κ1) is 15.9. The average Bonchev–Trinajstić information content (AvgIpc) is 2.38. The van der Waals surface area contributed by atoms with Gasteiger partial charge in [-0.3, -0.25) is 9.59 Å². The lowest BCUT2D eigenvalue weighted by molar-refractivity contribution is -0.140. The lowest BCUT2D eigenvalue weighted by Gasteiger charge is -2.11. The molecule has 104 valence electrons. The van der Waals surface area contributed by atoms with Crippen molar-refractivity contribution >= 4 is 40.9 Å². The summed E-state index contributed by atoms with van der Waals surface area (Å²) in [7, 11) is 1.35. The third-order valence-corrected chi connectivity index (χ3v) is 3.75. The van der Waals surface area contributed by atoms with Crippen LogP contribution in [0.25, 0.3) is 0 Å². The Balaban J connectivity index is 2.38. The molecule has 19 heavy (non-hydrogen) atoms. The summed E-state index contributed by atoms with van der Waals surface area (Å²) in [5, 5.41) is 3.10. The molecule has 1 rings (SSSR count). The van der Waals surface area contributed by atoms with Gasteiger partial charge in [-0.15, -0.1) is 11.8 Å². The highest BCUT2D eigenvalue weighted by Gasteiger charge is 2.14. The summed E-state index contributed by atoms with van der Waals surface area (Å²) in [5.41, 5.74) is 0.665. The van der Waals surface area contributed by atoms with Crippen molar-refractivity contribution in [2.24, 2.45) is 0 Å². The van der Waals surface area contributed by atoms with E-state index in [1.807, 2.05) is 0 Å². The zero-order chi connectivity index (χ0) is 14.3. The van der Waals surface area contributed by atoms with Crippen LogP contribution >= 0.6 is 23.4 Å². The molecular weight excluding hydrogens is 286 g/mol. The van der Waals surface area contributed by atoms with E-state index >= 15 is 0 Å². The summed E-state index contributed by atoms with van der Waals surface area (Å²) in [4.78, 5) is 22.8. The molecule has 1 atom stereocenters. The third-order valence-electron chi connectivity index (χ3n) is 2.36. The number of amides is 1. The van der Waals surface area contributed by atoms with E-state index in [-0.39, 0.29) is 17.1 Å². The number of esters is 1. The number of hydrogen-bond donors (Lipinski definition) is 1. The highest BCUT2D eigenvalue weighted by atomic mass is 35.5. The quantitative estimate of drug-likeness (QED) is 0.821. The first-order valence-electron chi connectivity index (χ1n) is 5.77. The largest absolute Gasteiger partial charge is 0.469 e. The molecule has 1 amide bonds. The van der Waals surface area contributed by atoms with Crippen molar-refractivity contribution in [3.63, 3.8) is 0 Å².